The maximum Gasteiger partial charge on any atom is 0.322 e. The molecule has 0 spiro atoms. The molecule has 9 heteroatoms. The van der Waals surface area contributed by atoms with Gasteiger partial charge in [0.05, 0.1) is 45.8 Å². The zero-order valence-corrected chi connectivity index (χ0v) is 20.4. The molecule has 1 heterocycles. The second kappa shape index (κ2) is 11.4. The van der Waals surface area contributed by atoms with Crippen molar-refractivity contribution in [3.8, 4) is 17.2 Å². The number of hydrogen-bond donors (Lipinski definition) is 1. The number of nitrogens with zero attached hydrogens (tertiary/aromatic N) is 2. The van der Waals surface area contributed by atoms with Gasteiger partial charge in [0.1, 0.15) is 23.1 Å². The molecular formula is C27H28FN3O5. The summed E-state index contributed by atoms with van der Waals surface area (Å²) in [4.78, 5) is 20.5. The summed E-state index contributed by atoms with van der Waals surface area (Å²) < 4.78 is 30.5. The topological polar surface area (TPSA) is 81.6 Å². The van der Waals surface area contributed by atoms with Crippen molar-refractivity contribution in [1.29, 1.82) is 0 Å². The predicted molar refractivity (Wildman–Crippen MR) is 134 cm³/mol. The Kier molecular flexibility index (Phi) is 7.89. The molecule has 3 aromatic rings. The van der Waals surface area contributed by atoms with Crippen LogP contribution in [0, 0.1) is 5.82 Å². The van der Waals surface area contributed by atoms with Gasteiger partial charge in [-0.25, -0.2) is 9.18 Å². The van der Waals surface area contributed by atoms with Gasteiger partial charge in [-0.05, 0) is 30.3 Å². The summed E-state index contributed by atoms with van der Waals surface area (Å²) in [5, 5.41) is 7.09. The standard InChI is InChI=1S/C27H28FN3O5/c1-33-19-12-13-23(26(15-19)35-3)29-27(32)31(16-18-8-4-6-10-22(18)28)17-20-14-24(30-36-20)21-9-5-7-11-25(21)34-2/h4-13,15,20H,14,16-17H2,1-3H3,(H,29,32). The summed E-state index contributed by atoms with van der Waals surface area (Å²) in [5.74, 6) is 1.32. The molecule has 188 valence electrons. The van der Waals surface area contributed by atoms with Crippen LogP contribution in [-0.2, 0) is 11.4 Å². The lowest BCUT2D eigenvalue weighted by Crippen LogP contribution is -2.40. The zero-order valence-electron chi connectivity index (χ0n) is 20.4. The van der Waals surface area contributed by atoms with E-state index >= 15 is 0 Å². The van der Waals surface area contributed by atoms with Gasteiger partial charge in [0, 0.05) is 23.6 Å². The third-order valence-electron chi connectivity index (χ3n) is 5.83. The van der Waals surface area contributed by atoms with E-state index in [0.29, 0.717) is 34.9 Å². The number of urea groups is 1. The number of benzene rings is 3. The monoisotopic (exact) mass is 493 g/mol. The number of carbonyl (C=O) groups excluding carboxylic acids is 1. The summed E-state index contributed by atoms with van der Waals surface area (Å²) in [7, 11) is 4.65. The first-order chi connectivity index (χ1) is 17.5. The van der Waals surface area contributed by atoms with E-state index in [1.807, 2.05) is 24.3 Å². The average molecular weight is 494 g/mol. The molecule has 1 aliphatic rings. The number of anilines is 1. The summed E-state index contributed by atoms with van der Waals surface area (Å²) in [5.41, 5.74) is 2.40. The highest BCUT2D eigenvalue weighted by Gasteiger charge is 2.29. The van der Waals surface area contributed by atoms with Crippen LogP contribution in [0.4, 0.5) is 14.9 Å². The molecule has 0 saturated heterocycles. The molecule has 8 nitrogen and oxygen atoms in total. The maximum atomic E-state index is 14.5. The first-order valence-electron chi connectivity index (χ1n) is 11.4. The highest BCUT2D eigenvalue weighted by molar-refractivity contribution is 6.03. The predicted octanol–water partition coefficient (Wildman–Crippen LogP) is 5.08. The lowest BCUT2D eigenvalue weighted by Gasteiger charge is -2.26. The molecule has 36 heavy (non-hydrogen) atoms. The van der Waals surface area contributed by atoms with Crippen LogP contribution in [0.3, 0.4) is 0 Å². The minimum Gasteiger partial charge on any atom is -0.497 e. The minimum atomic E-state index is -0.434. The van der Waals surface area contributed by atoms with Gasteiger partial charge in [0.25, 0.3) is 0 Å². The van der Waals surface area contributed by atoms with E-state index in [0.717, 1.165) is 11.3 Å². The normalized spacial score (nSPS) is 14.4. The Bertz CT molecular complexity index is 1250. The Morgan fingerprint density at radius 2 is 1.78 bits per heavy atom. The van der Waals surface area contributed by atoms with Crippen LogP contribution < -0.4 is 19.5 Å². The third-order valence-corrected chi connectivity index (χ3v) is 5.83. The fourth-order valence-corrected chi connectivity index (χ4v) is 3.96. The van der Waals surface area contributed by atoms with Crippen molar-refractivity contribution < 1.29 is 28.2 Å². The fraction of sp³-hybridized carbons (Fsp3) is 0.259. The van der Waals surface area contributed by atoms with E-state index in [4.69, 9.17) is 19.0 Å². The van der Waals surface area contributed by atoms with Crippen molar-refractivity contribution in [2.45, 2.75) is 19.1 Å². The highest BCUT2D eigenvalue weighted by Crippen LogP contribution is 2.30. The number of rotatable bonds is 9. The molecule has 2 amide bonds. The number of carbonyl (C=O) groups is 1. The molecule has 1 aliphatic heterocycles. The van der Waals surface area contributed by atoms with Crippen molar-refractivity contribution in [1.82, 2.24) is 4.90 Å². The molecule has 0 aliphatic carbocycles. The van der Waals surface area contributed by atoms with Crippen LogP contribution >= 0.6 is 0 Å². The Morgan fingerprint density at radius 3 is 2.53 bits per heavy atom. The van der Waals surface area contributed by atoms with Crippen molar-refractivity contribution >= 4 is 17.4 Å². The van der Waals surface area contributed by atoms with E-state index in [9.17, 15) is 9.18 Å². The molecular weight excluding hydrogens is 465 g/mol. The summed E-state index contributed by atoms with van der Waals surface area (Å²) >= 11 is 0. The van der Waals surface area contributed by atoms with Gasteiger partial charge in [-0.2, -0.15) is 0 Å². The second-order valence-corrected chi connectivity index (χ2v) is 8.14. The van der Waals surface area contributed by atoms with Gasteiger partial charge in [-0.3, -0.25) is 0 Å². The largest absolute Gasteiger partial charge is 0.497 e. The molecule has 1 unspecified atom stereocenters. The van der Waals surface area contributed by atoms with E-state index in [2.05, 4.69) is 10.5 Å². The van der Waals surface area contributed by atoms with Crippen molar-refractivity contribution in [2.75, 3.05) is 33.2 Å². The first kappa shape index (κ1) is 24.8. The molecule has 1 atom stereocenters. The Labute approximate surface area is 209 Å². The van der Waals surface area contributed by atoms with Crippen LogP contribution in [0.15, 0.2) is 71.9 Å². The molecule has 0 bridgehead atoms. The lowest BCUT2D eigenvalue weighted by atomic mass is 10.0. The number of hydrogen-bond acceptors (Lipinski definition) is 6. The van der Waals surface area contributed by atoms with Gasteiger partial charge in [-0.1, -0.05) is 35.5 Å². The van der Waals surface area contributed by atoms with E-state index < -0.39 is 18.0 Å². The van der Waals surface area contributed by atoms with E-state index in [1.54, 1.807) is 50.6 Å². The number of oxime groups is 1. The Hall–Kier alpha value is -4.27. The average Bonchev–Trinajstić information content (AvgIpc) is 3.38. The molecule has 3 aromatic carbocycles. The Balaban J connectivity index is 1.53. The van der Waals surface area contributed by atoms with Crippen molar-refractivity contribution in [2.24, 2.45) is 5.16 Å². The third kappa shape index (κ3) is 5.68. The van der Waals surface area contributed by atoms with Crippen molar-refractivity contribution in [3.05, 3.63) is 83.7 Å². The highest BCUT2D eigenvalue weighted by atomic mass is 19.1. The first-order valence-corrected chi connectivity index (χ1v) is 11.4. The molecule has 0 saturated carbocycles. The quantitative estimate of drug-likeness (QED) is 0.450. The number of methoxy groups -OCH3 is 3. The van der Waals surface area contributed by atoms with E-state index in [1.165, 1.54) is 18.1 Å². The van der Waals surface area contributed by atoms with Crippen LogP contribution in [0.25, 0.3) is 0 Å². The van der Waals surface area contributed by atoms with Crippen molar-refractivity contribution in [3.63, 3.8) is 0 Å². The molecule has 0 fully saturated rings. The summed E-state index contributed by atoms with van der Waals surface area (Å²) in [6, 6.07) is 18.5. The van der Waals surface area contributed by atoms with Crippen LogP contribution in [0.2, 0.25) is 0 Å². The zero-order chi connectivity index (χ0) is 25.5. The number of para-hydroxylation sites is 1. The van der Waals surface area contributed by atoms with Crippen LogP contribution in [0.1, 0.15) is 17.5 Å². The number of ether oxygens (including phenoxy) is 3. The van der Waals surface area contributed by atoms with Gasteiger partial charge < -0.3 is 29.3 Å². The summed E-state index contributed by atoms with van der Waals surface area (Å²) in [6.07, 6.45) is 0.0491. The molecule has 1 N–H and O–H groups in total. The minimum absolute atomic E-state index is 0.0425. The SMILES string of the molecule is COc1ccc(NC(=O)N(Cc2ccccc2F)CC2CC(c3ccccc3OC)=NO2)c(OC)c1. The molecule has 0 radical (unpaired) electrons. The summed E-state index contributed by atoms with van der Waals surface area (Å²) in [6.45, 7) is 0.224. The lowest BCUT2D eigenvalue weighted by molar-refractivity contribution is 0.0606. The van der Waals surface area contributed by atoms with Gasteiger partial charge in [-0.15, -0.1) is 0 Å². The molecule has 0 aromatic heterocycles. The second-order valence-electron chi connectivity index (χ2n) is 8.14. The smallest absolute Gasteiger partial charge is 0.322 e. The number of nitrogens with one attached hydrogen (secondary N) is 1. The van der Waals surface area contributed by atoms with Gasteiger partial charge in [0.2, 0.25) is 0 Å². The van der Waals surface area contributed by atoms with Crippen LogP contribution in [0.5, 0.6) is 17.2 Å². The van der Waals surface area contributed by atoms with Gasteiger partial charge in [0.15, 0.2) is 6.10 Å². The number of amides is 2. The number of halogens is 1. The fourth-order valence-electron chi connectivity index (χ4n) is 3.96. The van der Waals surface area contributed by atoms with Crippen LogP contribution in [-0.4, -0.2) is 50.6 Å². The maximum absolute atomic E-state index is 14.5. The van der Waals surface area contributed by atoms with E-state index in [-0.39, 0.29) is 13.1 Å². The molecule has 4 rings (SSSR count). The van der Waals surface area contributed by atoms with Gasteiger partial charge >= 0.3 is 6.03 Å². The Morgan fingerprint density at radius 1 is 1.03 bits per heavy atom.